The Morgan fingerprint density at radius 2 is 1.20 bits per heavy atom. The first-order valence-electron chi connectivity index (χ1n) is 10.8. The third-order valence-corrected chi connectivity index (χ3v) is 5.19. The van der Waals surface area contributed by atoms with Gasteiger partial charge in [0, 0.05) is 17.8 Å². The summed E-state index contributed by atoms with van der Waals surface area (Å²) in [6, 6.07) is 16.5. The SMILES string of the molecule is COc1cc(C=Cc2cc(OC)c(OC)c(OC)c2)cc(NC=CC(=O)c2ccccc2)c1OC. The molecule has 7 nitrogen and oxygen atoms in total. The van der Waals surface area contributed by atoms with Crippen LogP contribution in [0.3, 0.4) is 0 Å². The highest BCUT2D eigenvalue weighted by Crippen LogP contribution is 2.40. The molecule has 0 saturated heterocycles. The first kappa shape index (κ1) is 25.2. The van der Waals surface area contributed by atoms with Gasteiger partial charge in [-0.15, -0.1) is 0 Å². The van der Waals surface area contributed by atoms with Crippen molar-refractivity contribution in [1.29, 1.82) is 0 Å². The number of anilines is 1. The molecule has 0 aliphatic carbocycles. The first-order valence-corrected chi connectivity index (χ1v) is 10.8. The fourth-order valence-electron chi connectivity index (χ4n) is 3.48. The molecule has 0 aliphatic rings. The minimum Gasteiger partial charge on any atom is -0.493 e. The second-order valence-corrected chi connectivity index (χ2v) is 7.30. The Morgan fingerprint density at radius 1 is 0.686 bits per heavy atom. The van der Waals surface area contributed by atoms with Crippen molar-refractivity contribution < 1.29 is 28.5 Å². The molecule has 0 amide bonds. The van der Waals surface area contributed by atoms with Gasteiger partial charge in [0.1, 0.15) is 0 Å². The zero-order chi connectivity index (χ0) is 25.2. The quantitative estimate of drug-likeness (QED) is 0.216. The van der Waals surface area contributed by atoms with E-state index in [1.54, 1.807) is 53.9 Å². The van der Waals surface area contributed by atoms with Gasteiger partial charge in [0.15, 0.2) is 28.8 Å². The maximum Gasteiger partial charge on any atom is 0.203 e. The summed E-state index contributed by atoms with van der Waals surface area (Å²) in [7, 11) is 7.85. The molecule has 1 N–H and O–H groups in total. The number of methoxy groups -OCH3 is 5. The predicted octanol–water partition coefficient (Wildman–Crippen LogP) is 5.71. The van der Waals surface area contributed by atoms with Crippen molar-refractivity contribution in [3.8, 4) is 28.7 Å². The summed E-state index contributed by atoms with van der Waals surface area (Å²) in [5.74, 6) is 2.62. The van der Waals surface area contributed by atoms with Crippen molar-refractivity contribution in [2.45, 2.75) is 0 Å². The minimum absolute atomic E-state index is 0.109. The van der Waals surface area contributed by atoms with Gasteiger partial charge in [0.25, 0.3) is 0 Å². The molecule has 0 saturated carbocycles. The van der Waals surface area contributed by atoms with Gasteiger partial charge >= 0.3 is 0 Å². The molecule has 182 valence electrons. The molecule has 0 unspecified atom stereocenters. The Hall–Kier alpha value is -4.39. The number of benzene rings is 3. The van der Waals surface area contributed by atoms with E-state index in [1.807, 2.05) is 54.6 Å². The van der Waals surface area contributed by atoms with Crippen molar-refractivity contribution >= 4 is 23.6 Å². The zero-order valence-corrected chi connectivity index (χ0v) is 20.5. The molecule has 7 heteroatoms. The first-order chi connectivity index (χ1) is 17.0. The Balaban J connectivity index is 1.90. The van der Waals surface area contributed by atoms with Gasteiger partial charge in [-0.05, 0) is 35.4 Å². The van der Waals surface area contributed by atoms with Gasteiger partial charge in [0.05, 0.1) is 41.2 Å². The van der Waals surface area contributed by atoms with Crippen LogP contribution >= 0.6 is 0 Å². The number of hydrogen-bond donors (Lipinski definition) is 1. The van der Waals surface area contributed by atoms with Crippen molar-refractivity contribution in [2.75, 3.05) is 40.9 Å². The van der Waals surface area contributed by atoms with E-state index < -0.39 is 0 Å². The van der Waals surface area contributed by atoms with E-state index in [9.17, 15) is 4.79 Å². The molecule has 0 spiro atoms. The number of nitrogens with one attached hydrogen (secondary N) is 1. The maximum absolute atomic E-state index is 12.4. The predicted molar refractivity (Wildman–Crippen MR) is 138 cm³/mol. The van der Waals surface area contributed by atoms with Crippen LogP contribution in [0.1, 0.15) is 21.5 Å². The lowest BCUT2D eigenvalue weighted by molar-refractivity contribution is 0.104. The molecule has 3 rings (SSSR count). The molecule has 35 heavy (non-hydrogen) atoms. The molecule has 0 radical (unpaired) electrons. The molecule has 0 fully saturated rings. The summed E-state index contributed by atoms with van der Waals surface area (Å²) in [6.07, 6.45) is 6.90. The van der Waals surface area contributed by atoms with Crippen LogP contribution < -0.4 is 29.0 Å². The number of ketones is 1. The van der Waals surface area contributed by atoms with Crippen LogP contribution in [0.2, 0.25) is 0 Å². The van der Waals surface area contributed by atoms with Crippen molar-refractivity contribution in [2.24, 2.45) is 0 Å². The smallest absolute Gasteiger partial charge is 0.203 e. The monoisotopic (exact) mass is 475 g/mol. The highest BCUT2D eigenvalue weighted by atomic mass is 16.5. The van der Waals surface area contributed by atoms with E-state index in [-0.39, 0.29) is 5.78 Å². The Kier molecular flexibility index (Phi) is 8.78. The Labute approximate surface area is 205 Å². The number of rotatable bonds is 11. The van der Waals surface area contributed by atoms with Crippen molar-refractivity contribution in [1.82, 2.24) is 0 Å². The van der Waals surface area contributed by atoms with Crippen LogP contribution in [-0.2, 0) is 0 Å². The molecule has 0 bridgehead atoms. The lowest BCUT2D eigenvalue weighted by Gasteiger charge is -2.14. The summed E-state index contributed by atoms with van der Waals surface area (Å²) in [5.41, 5.74) is 2.96. The molecule has 0 aliphatic heterocycles. The second-order valence-electron chi connectivity index (χ2n) is 7.30. The number of hydrogen-bond acceptors (Lipinski definition) is 7. The van der Waals surface area contributed by atoms with Gasteiger partial charge in [-0.2, -0.15) is 0 Å². The van der Waals surface area contributed by atoms with E-state index in [0.29, 0.717) is 40.0 Å². The third-order valence-electron chi connectivity index (χ3n) is 5.19. The third kappa shape index (κ3) is 6.14. The van der Waals surface area contributed by atoms with Crippen LogP contribution in [0.4, 0.5) is 5.69 Å². The van der Waals surface area contributed by atoms with Gasteiger partial charge in [-0.25, -0.2) is 0 Å². The molecule has 3 aromatic rings. The van der Waals surface area contributed by atoms with E-state index in [1.165, 1.54) is 6.08 Å². The van der Waals surface area contributed by atoms with E-state index in [4.69, 9.17) is 23.7 Å². The van der Waals surface area contributed by atoms with Crippen molar-refractivity contribution in [3.63, 3.8) is 0 Å². The summed E-state index contributed by atoms with van der Waals surface area (Å²) >= 11 is 0. The number of carbonyl (C=O) groups excluding carboxylic acids is 1. The van der Waals surface area contributed by atoms with Crippen LogP contribution in [0.5, 0.6) is 28.7 Å². The molecular formula is C28H29NO6. The fourth-order valence-corrected chi connectivity index (χ4v) is 3.48. The largest absolute Gasteiger partial charge is 0.493 e. The van der Waals surface area contributed by atoms with Gasteiger partial charge < -0.3 is 29.0 Å². The maximum atomic E-state index is 12.4. The zero-order valence-electron chi connectivity index (χ0n) is 20.5. The summed E-state index contributed by atoms with van der Waals surface area (Å²) < 4.78 is 27.3. The number of allylic oxidation sites excluding steroid dienone is 1. The average molecular weight is 476 g/mol. The molecule has 0 atom stereocenters. The Morgan fingerprint density at radius 3 is 1.71 bits per heavy atom. The van der Waals surface area contributed by atoms with E-state index in [2.05, 4.69) is 5.32 Å². The van der Waals surface area contributed by atoms with Crippen LogP contribution in [0, 0.1) is 0 Å². The molecular weight excluding hydrogens is 446 g/mol. The Bertz CT molecular complexity index is 1190. The van der Waals surface area contributed by atoms with Crippen LogP contribution in [0.25, 0.3) is 12.2 Å². The molecule has 0 heterocycles. The lowest BCUT2D eigenvalue weighted by atomic mass is 10.1. The van der Waals surface area contributed by atoms with Gasteiger partial charge in [0.2, 0.25) is 5.75 Å². The highest BCUT2D eigenvalue weighted by Gasteiger charge is 2.13. The topological polar surface area (TPSA) is 75.3 Å². The fraction of sp³-hybridized carbons (Fsp3) is 0.179. The van der Waals surface area contributed by atoms with Crippen LogP contribution in [0.15, 0.2) is 66.9 Å². The lowest BCUT2D eigenvalue weighted by Crippen LogP contribution is -1.99. The number of ether oxygens (including phenoxy) is 5. The second kappa shape index (κ2) is 12.2. The van der Waals surface area contributed by atoms with Crippen molar-refractivity contribution in [3.05, 3.63) is 83.6 Å². The minimum atomic E-state index is -0.109. The molecule has 3 aromatic carbocycles. The highest BCUT2D eigenvalue weighted by molar-refractivity contribution is 6.04. The average Bonchev–Trinajstić information content (AvgIpc) is 2.91. The summed E-state index contributed by atoms with van der Waals surface area (Å²) in [6.45, 7) is 0. The van der Waals surface area contributed by atoms with Gasteiger partial charge in [-0.1, -0.05) is 42.5 Å². The van der Waals surface area contributed by atoms with Gasteiger partial charge in [-0.3, -0.25) is 4.79 Å². The number of carbonyl (C=O) groups is 1. The summed E-state index contributed by atoms with van der Waals surface area (Å²) in [5, 5.41) is 3.13. The standard InChI is InChI=1S/C28H29NO6/c1-31-24-16-19(11-12-20-17-25(32-2)28(35-5)26(18-20)33-3)15-22(27(24)34-4)29-14-13-23(30)21-9-7-6-8-10-21/h6-18,29H,1-5H3. The summed E-state index contributed by atoms with van der Waals surface area (Å²) in [4.78, 5) is 12.4. The molecule has 0 aromatic heterocycles. The van der Waals surface area contributed by atoms with E-state index in [0.717, 1.165) is 11.1 Å². The normalized spacial score (nSPS) is 10.9. The van der Waals surface area contributed by atoms with E-state index >= 15 is 0 Å². The van der Waals surface area contributed by atoms with Crippen LogP contribution in [-0.4, -0.2) is 41.3 Å².